The molecular weight excluding hydrogens is 442 g/mol. The summed E-state index contributed by atoms with van der Waals surface area (Å²) >= 11 is 0. The average Bonchev–Trinajstić information content (AvgIpc) is 3.24. The topological polar surface area (TPSA) is 99.3 Å². The van der Waals surface area contributed by atoms with Gasteiger partial charge in [-0.05, 0) is 58.7 Å². The van der Waals surface area contributed by atoms with Gasteiger partial charge < -0.3 is 5.73 Å². The van der Waals surface area contributed by atoms with Crippen molar-refractivity contribution >= 4 is 32.0 Å². The van der Waals surface area contributed by atoms with Gasteiger partial charge >= 0.3 is 0 Å². The summed E-state index contributed by atoms with van der Waals surface area (Å²) in [7, 11) is -2.85. The van der Waals surface area contributed by atoms with E-state index in [-0.39, 0.29) is 5.54 Å². The predicted molar refractivity (Wildman–Crippen MR) is 139 cm³/mol. The number of benzene rings is 3. The molecule has 0 amide bonds. The standard InChI is InChI=1S/C27H25N5OS/c1-34(29,33)25-12-11-22(21-5-2-3-6-23(21)25)24-16-31-32-17-19(15-30-26(24)32)18-7-9-20(10-8-18)27(28)13-4-14-27/h2-3,5-12,15-17H,1,4,13-14,28H2,(H2,29,33). The van der Waals surface area contributed by atoms with Crippen LogP contribution in [0.1, 0.15) is 24.8 Å². The van der Waals surface area contributed by atoms with Crippen LogP contribution in [-0.2, 0) is 15.2 Å². The molecule has 7 heteroatoms. The second-order valence-corrected chi connectivity index (χ2v) is 11.0. The third-order valence-corrected chi connectivity index (χ3v) is 8.04. The summed E-state index contributed by atoms with van der Waals surface area (Å²) in [5.41, 5.74) is 12.1. The summed E-state index contributed by atoms with van der Waals surface area (Å²) in [5.74, 6) is 3.67. The first kappa shape index (κ1) is 21.0. The Morgan fingerprint density at radius 1 is 0.912 bits per heavy atom. The molecule has 6 nitrogen and oxygen atoms in total. The molecule has 1 atom stereocenters. The number of aromatic nitrogens is 3. The first-order valence-corrected chi connectivity index (χ1v) is 13.0. The van der Waals surface area contributed by atoms with Crippen molar-refractivity contribution in [1.29, 1.82) is 0 Å². The Kier molecular flexibility index (Phi) is 4.64. The second-order valence-electron chi connectivity index (χ2n) is 9.14. The van der Waals surface area contributed by atoms with Crippen molar-refractivity contribution in [3.63, 3.8) is 0 Å². The molecule has 34 heavy (non-hydrogen) atoms. The number of nitrogens with two attached hydrogens (primary N) is 2. The third-order valence-electron chi connectivity index (χ3n) is 6.94. The molecule has 0 radical (unpaired) electrons. The van der Waals surface area contributed by atoms with Crippen molar-refractivity contribution in [3.8, 4) is 22.3 Å². The lowest BCUT2D eigenvalue weighted by molar-refractivity contribution is 0.253. The molecule has 2 heterocycles. The maximum atomic E-state index is 12.5. The second kappa shape index (κ2) is 7.50. The molecule has 3 aromatic carbocycles. The van der Waals surface area contributed by atoms with E-state index in [0.717, 1.165) is 51.5 Å². The van der Waals surface area contributed by atoms with Crippen LogP contribution in [0.4, 0.5) is 0 Å². The van der Waals surface area contributed by atoms with Gasteiger partial charge in [0.25, 0.3) is 0 Å². The Labute approximate surface area is 198 Å². The smallest absolute Gasteiger partial charge is 0.162 e. The molecule has 1 saturated carbocycles. The maximum Gasteiger partial charge on any atom is 0.162 e. The molecule has 0 bridgehead atoms. The van der Waals surface area contributed by atoms with Crippen molar-refractivity contribution in [2.75, 3.05) is 0 Å². The van der Waals surface area contributed by atoms with Gasteiger partial charge in [0.2, 0.25) is 0 Å². The molecule has 4 N–H and O–H groups in total. The van der Waals surface area contributed by atoms with E-state index in [0.29, 0.717) is 4.90 Å². The van der Waals surface area contributed by atoms with Gasteiger partial charge in [-0.3, -0.25) is 5.14 Å². The summed E-state index contributed by atoms with van der Waals surface area (Å²) in [6, 6.07) is 19.9. The monoisotopic (exact) mass is 467 g/mol. The molecule has 170 valence electrons. The fourth-order valence-electron chi connectivity index (χ4n) is 4.86. The van der Waals surface area contributed by atoms with Crippen LogP contribution in [0.2, 0.25) is 0 Å². The Morgan fingerprint density at radius 2 is 1.65 bits per heavy atom. The normalized spacial score (nSPS) is 16.9. The first-order chi connectivity index (χ1) is 16.3. The van der Waals surface area contributed by atoms with E-state index in [1.807, 2.05) is 48.9 Å². The van der Waals surface area contributed by atoms with Gasteiger partial charge in [-0.15, -0.1) is 0 Å². The van der Waals surface area contributed by atoms with Crippen molar-refractivity contribution < 1.29 is 4.21 Å². The number of fused-ring (bicyclic) bond motifs is 2. The highest BCUT2D eigenvalue weighted by Crippen LogP contribution is 2.39. The van der Waals surface area contributed by atoms with Crippen molar-refractivity contribution in [2.45, 2.75) is 29.7 Å². The van der Waals surface area contributed by atoms with Crippen LogP contribution in [-0.4, -0.2) is 24.7 Å². The van der Waals surface area contributed by atoms with Crippen LogP contribution in [0.5, 0.6) is 0 Å². The van der Waals surface area contributed by atoms with E-state index in [1.54, 1.807) is 10.6 Å². The molecule has 1 aliphatic rings. The van der Waals surface area contributed by atoms with E-state index < -0.39 is 9.71 Å². The lowest BCUT2D eigenvalue weighted by atomic mass is 9.72. The van der Waals surface area contributed by atoms with Gasteiger partial charge in [0.1, 0.15) is 0 Å². The van der Waals surface area contributed by atoms with Gasteiger partial charge in [0, 0.05) is 29.1 Å². The highest BCUT2D eigenvalue weighted by molar-refractivity contribution is 7.98. The van der Waals surface area contributed by atoms with Crippen LogP contribution in [0.15, 0.2) is 84.1 Å². The van der Waals surface area contributed by atoms with E-state index in [9.17, 15) is 4.21 Å². The quantitative estimate of drug-likeness (QED) is 0.380. The maximum absolute atomic E-state index is 12.5. The minimum atomic E-state index is -2.85. The number of hydrogen-bond donors (Lipinski definition) is 2. The minimum Gasteiger partial charge on any atom is -0.321 e. The zero-order chi connectivity index (χ0) is 23.5. The lowest BCUT2D eigenvalue weighted by Gasteiger charge is -2.38. The predicted octanol–water partition coefficient (Wildman–Crippen LogP) is 4.50. The summed E-state index contributed by atoms with van der Waals surface area (Å²) in [5, 5.41) is 12.2. The lowest BCUT2D eigenvalue weighted by Crippen LogP contribution is -2.43. The summed E-state index contributed by atoms with van der Waals surface area (Å²) in [6.07, 6.45) is 8.96. The highest BCUT2D eigenvalue weighted by atomic mass is 32.2. The number of rotatable bonds is 4. The fraction of sp³-hybridized carbons (Fsp3) is 0.148. The molecule has 0 spiro atoms. The molecule has 5 aromatic rings. The molecule has 1 unspecified atom stereocenters. The van der Waals surface area contributed by atoms with E-state index in [2.05, 4.69) is 35.2 Å². The van der Waals surface area contributed by atoms with Crippen LogP contribution < -0.4 is 10.9 Å². The van der Waals surface area contributed by atoms with Gasteiger partial charge in [0.15, 0.2) is 5.65 Å². The molecule has 0 aliphatic heterocycles. The Bertz CT molecular complexity index is 1670. The summed E-state index contributed by atoms with van der Waals surface area (Å²) in [4.78, 5) is 5.30. The summed E-state index contributed by atoms with van der Waals surface area (Å²) in [6.45, 7) is 0. The number of nitrogens with zero attached hydrogens (tertiary/aromatic N) is 3. The molecule has 1 aliphatic carbocycles. The van der Waals surface area contributed by atoms with Gasteiger partial charge in [-0.2, -0.15) is 5.10 Å². The SMILES string of the molecule is C=S(N)(=O)c1ccc(-c2cnn3cc(-c4ccc(C5(N)CCC5)cc4)cnc23)c2ccccc12. The van der Waals surface area contributed by atoms with Gasteiger partial charge in [0.05, 0.1) is 20.8 Å². The van der Waals surface area contributed by atoms with E-state index in [1.165, 1.54) is 12.0 Å². The van der Waals surface area contributed by atoms with Gasteiger partial charge in [-0.1, -0.05) is 54.6 Å². The molecule has 1 fully saturated rings. The minimum absolute atomic E-state index is 0.166. The third kappa shape index (κ3) is 3.32. The zero-order valence-electron chi connectivity index (χ0n) is 18.6. The molecule has 0 saturated heterocycles. The van der Waals surface area contributed by atoms with Crippen LogP contribution in [0.25, 0.3) is 38.7 Å². The Morgan fingerprint density at radius 3 is 2.32 bits per heavy atom. The largest absolute Gasteiger partial charge is 0.321 e. The first-order valence-electron chi connectivity index (χ1n) is 11.2. The van der Waals surface area contributed by atoms with Gasteiger partial charge in [-0.25, -0.2) is 13.7 Å². The molecule has 2 aromatic heterocycles. The Balaban J connectivity index is 1.42. The Hall–Kier alpha value is -3.52. The summed E-state index contributed by atoms with van der Waals surface area (Å²) < 4.78 is 14.3. The van der Waals surface area contributed by atoms with Crippen molar-refractivity contribution in [2.24, 2.45) is 10.9 Å². The molecular formula is C27H25N5OS. The van der Waals surface area contributed by atoms with Crippen LogP contribution in [0.3, 0.4) is 0 Å². The van der Waals surface area contributed by atoms with Crippen LogP contribution >= 0.6 is 0 Å². The van der Waals surface area contributed by atoms with E-state index >= 15 is 0 Å². The number of hydrogen-bond acceptors (Lipinski definition) is 4. The highest BCUT2D eigenvalue weighted by Gasteiger charge is 2.34. The molecule has 6 rings (SSSR count). The zero-order valence-corrected chi connectivity index (χ0v) is 19.5. The van der Waals surface area contributed by atoms with Crippen molar-refractivity contribution in [1.82, 2.24) is 14.6 Å². The van der Waals surface area contributed by atoms with Crippen molar-refractivity contribution in [3.05, 3.63) is 84.8 Å². The van der Waals surface area contributed by atoms with E-state index in [4.69, 9.17) is 15.9 Å². The fourth-order valence-corrected chi connectivity index (χ4v) is 5.71. The van der Waals surface area contributed by atoms with Crippen LogP contribution in [0, 0.1) is 0 Å². The average molecular weight is 468 g/mol.